The summed E-state index contributed by atoms with van der Waals surface area (Å²) in [6.07, 6.45) is 0.378. The summed E-state index contributed by atoms with van der Waals surface area (Å²) < 4.78 is 30.0. The maximum atomic E-state index is 13.0. The van der Waals surface area contributed by atoms with Crippen LogP contribution in [0.2, 0.25) is 0 Å². The van der Waals surface area contributed by atoms with Crippen LogP contribution in [0, 0.1) is 22.0 Å². The number of non-ortho nitro benzene ring substituents is 1. The molecule has 0 aliphatic heterocycles. The number of ether oxygens (including phenoxy) is 1. The van der Waals surface area contributed by atoms with Gasteiger partial charge in [-0.1, -0.05) is 30.0 Å². The minimum absolute atomic E-state index is 0.0873. The van der Waals surface area contributed by atoms with Crippen molar-refractivity contribution < 1.29 is 22.9 Å². The predicted molar refractivity (Wildman–Crippen MR) is 106 cm³/mol. The van der Waals surface area contributed by atoms with E-state index in [9.17, 15) is 23.3 Å². The van der Waals surface area contributed by atoms with E-state index in [4.69, 9.17) is 4.74 Å². The molecule has 0 aliphatic carbocycles. The highest BCUT2D eigenvalue weighted by atomic mass is 32.3. The molecule has 0 heterocycles. The first-order valence-corrected chi connectivity index (χ1v) is 10.8. The lowest BCUT2D eigenvalue weighted by molar-refractivity contribution is -0.384. The third-order valence-corrected chi connectivity index (χ3v) is 7.42. The standard InChI is InChI=1S/C19H17NO6S2/c1-14(21)26-18(13-10-15-8-11-16(12-9-15)20(22)23)19(27-2)28(24,25)17-6-4-3-5-7-17/h3-9,11-12,18-19H,1-2H3. The molecule has 0 amide bonds. The number of esters is 1. The van der Waals surface area contributed by atoms with Gasteiger partial charge in [0, 0.05) is 24.6 Å². The SMILES string of the molecule is CSC(C(C#Cc1ccc([N+](=O)[O-])cc1)OC(C)=O)S(=O)(=O)c1ccccc1. The second kappa shape index (κ2) is 9.39. The van der Waals surface area contributed by atoms with E-state index in [-0.39, 0.29) is 10.6 Å². The normalized spacial score (nSPS) is 12.9. The third-order valence-electron chi connectivity index (χ3n) is 3.59. The fourth-order valence-corrected chi connectivity index (χ4v) is 5.28. The number of nitro groups is 1. The summed E-state index contributed by atoms with van der Waals surface area (Å²) >= 11 is 1.01. The van der Waals surface area contributed by atoms with Gasteiger partial charge in [0.2, 0.25) is 0 Å². The lowest BCUT2D eigenvalue weighted by Gasteiger charge is -2.21. The summed E-state index contributed by atoms with van der Waals surface area (Å²) in [6.45, 7) is 1.17. The molecule has 0 saturated heterocycles. The number of nitro benzene ring substituents is 1. The van der Waals surface area contributed by atoms with Crippen LogP contribution in [0.1, 0.15) is 12.5 Å². The Balaban J connectivity index is 2.39. The number of rotatable bonds is 6. The van der Waals surface area contributed by atoms with E-state index in [1.165, 1.54) is 43.3 Å². The van der Waals surface area contributed by atoms with Crippen LogP contribution < -0.4 is 0 Å². The molecule has 2 rings (SSSR count). The zero-order valence-corrected chi connectivity index (χ0v) is 16.7. The minimum atomic E-state index is -3.82. The summed E-state index contributed by atoms with van der Waals surface area (Å²) in [4.78, 5) is 21.8. The Morgan fingerprint density at radius 3 is 2.25 bits per heavy atom. The molecule has 0 saturated carbocycles. The van der Waals surface area contributed by atoms with Crippen molar-refractivity contribution in [3.8, 4) is 11.8 Å². The van der Waals surface area contributed by atoms with Gasteiger partial charge >= 0.3 is 5.97 Å². The zero-order chi connectivity index (χ0) is 20.7. The van der Waals surface area contributed by atoms with E-state index in [2.05, 4.69) is 11.8 Å². The average molecular weight is 419 g/mol. The lowest BCUT2D eigenvalue weighted by atomic mass is 10.2. The molecule has 0 spiro atoms. The van der Waals surface area contributed by atoms with Gasteiger partial charge in [-0.25, -0.2) is 8.42 Å². The van der Waals surface area contributed by atoms with Crippen LogP contribution in [-0.4, -0.2) is 36.3 Å². The summed E-state index contributed by atoms with van der Waals surface area (Å²) in [7, 11) is -3.82. The van der Waals surface area contributed by atoms with E-state index < -0.39 is 31.4 Å². The van der Waals surface area contributed by atoms with Crippen molar-refractivity contribution in [2.24, 2.45) is 0 Å². The predicted octanol–water partition coefficient (Wildman–Crippen LogP) is 3.04. The van der Waals surface area contributed by atoms with Gasteiger partial charge in [-0.3, -0.25) is 14.9 Å². The number of hydrogen-bond acceptors (Lipinski definition) is 7. The van der Waals surface area contributed by atoms with E-state index in [0.717, 1.165) is 11.8 Å². The van der Waals surface area contributed by atoms with Crippen molar-refractivity contribution in [2.45, 2.75) is 22.5 Å². The number of carbonyl (C=O) groups excluding carboxylic acids is 1. The molecule has 2 aromatic rings. The molecule has 2 aromatic carbocycles. The zero-order valence-electron chi connectivity index (χ0n) is 15.1. The molecule has 28 heavy (non-hydrogen) atoms. The second-order valence-corrected chi connectivity index (χ2v) is 8.91. The Kier molecular flexibility index (Phi) is 7.20. The minimum Gasteiger partial charge on any atom is -0.447 e. The Bertz CT molecular complexity index is 1010. The number of nitrogens with zero attached hydrogens (tertiary/aromatic N) is 1. The molecule has 0 radical (unpaired) electrons. The van der Waals surface area contributed by atoms with Crippen molar-refractivity contribution in [1.29, 1.82) is 0 Å². The number of hydrogen-bond donors (Lipinski definition) is 0. The van der Waals surface area contributed by atoms with Crippen LogP contribution in [0.5, 0.6) is 0 Å². The lowest BCUT2D eigenvalue weighted by Crippen LogP contribution is -2.34. The number of thioether (sulfide) groups is 1. The molecule has 2 atom stereocenters. The van der Waals surface area contributed by atoms with Gasteiger partial charge in [0.05, 0.1) is 9.82 Å². The number of sulfone groups is 1. The molecule has 0 fully saturated rings. The van der Waals surface area contributed by atoms with Gasteiger partial charge in [0.1, 0.15) is 0 Å². The van der Waals surface area contributed by atoms with Gasteiger partial charge in [-0.2, -0.15) is 0 Å². The molecule has 0 aliphatic rings. The van der Waals surface area contributed by atoms with E-state index in [1.807, 2.05) is 0 Å². The first-order chi connectivity index (χ1) is 13.3. The van der Waals surface area contributed by atoms with Gasteiger partial charge in [-0.15, -0.1) is 11.8 Å². The smallest absolute Gasteiger partial charge is 0.303 e. The molecule has 0 N–H and O–H groups in total. The van der Waals surface area contributed by atoms with Crippen molar-refractivity contribution in [2.75, 3.05) is 6.26 Å². The topological polar surface area (TPSA) is 104 Å². The summed E-state index contributed by atoms with van der Waals surface area (Å²) in [6, 6.07) is 13.3. The molecule has 0 bridgehead atoms. The van der Waals surface area contributed by atoms with E-state index in [1.54, 1.807) is 24.5 Å². The highest BCUT2D eigenvalue weighted by Crippen LogP contribution is 2.27. The van der Waals surface area contributed by atoms with Crippen LogP contribution in [0.15, 0.2) is 59.5 Å². The first-order valence-electron chi connectivity index (χ1n) is 8.00. The highest BCUT2D eigenvalue weighted by molar-refractivity contribution is 8.13. The molecule has 2 unspecified atom stereocenters. The quantitative estimate of drug-likeness (QED) is 0.307. The summed E-state index contributed by atoms with van der Waals surface area (Å²) in [5.74, 6) is 4.75. The highest BCUT2D eigenvalue weighted by Gasteiger charge is 2.35. The van der Waals surface area contributed by atoms with Gasteiger partial charge < -0.3 is 4.74 Å². The van der Waals surface area contributed by atoms with Crippen LogP contribution >= 0.6 is 11.8 Å². The second-order valence-electron chi connectivity index (χ2n) is 5.57. The van der Waals surface area contributed by atoms with Crippen molar-refractivity contribution in [3.63, 3.8) is 0 Å². The Morgan fingerprint density at radius 1 is 1.14 bits per heavy atom. The Labute approximate surface area is 167 Å². The van der Waals surface area contributed by atoms with Gasteiger partial charge in [-0.05, 0) is 30.5 Å². The largest absolute Gasteiger partial charge is 0.447 e. The van der Waals surface area contributed by atoms with E-state index in [0.29, 0.717) is 5.56 Å². The fraction of sp³-hybridized carbons (Fsp3) is 0.211. The average Bonchev–Trinajstić information content (AvgIpc) is 2.67. The van der Waals surface area contributed by atoms with Crippen LogP contribution in [0.4, 0.5) is 5.69 Å². The maximum Gasteiger partial charge on any atom is 0.303 e. The van der Waals surface area contributed by atoms with Crippen LogP contribution in [0.25, 0.3) is 0 Å². The first kappa shape index (κ1) is 21.5. The number of carbonyl (C=O) groups is 1. The van der Waals surface area contributed by atoms with Crippen molar-refractivity contribution >= 4 is 33.3 Å². The molecule has 7 nitrogen and oxygen atoms in total. The third kappa shape index (κ3) is 5.34. The number of benzene rings is 2. The molecule has 0 aromatic heterocycles. The monoisotopic (exact) mass is 419 g/mol. The fourth-order valence-electron chi connectivity index (χ4n) is 2.31. The summed E-state index contributed by atoms with van der Waals surface area (Å²) in [5, 5.41) is 10.7. The van der Waals surface area contributed by atoms with Crippen LogP contribution in [0.3, 0.4) is 0 Å². The van der Waals surface area contributed by atoms with Gasteiger partial charge in [0.15, 0.2) is 20.5 Å². The molecule has 146 valence electrons. The summed E-state index contributed by atoms with van der Waals surface area (Å²) in [5.41, 5.74) is 0.343. The Hall–Kier alpha value is -2.83. The molecular weight excluding hydrogens is 402 g/mol. The molecule has 9 heteroatoms. The van der Waals surface area contributed by atoms with Gasteiger partial charge in [0.25, 0.3) is 5.69 Å². The van der Waals surface area contributed by atoms with Crippen molar-refractivity contribution in [3.05, 3.63) is 70.3 Å². The maximum absolute atomic E-state index is 13.0. The van der Waals surface area contributed by atoms with Crippen molar-refractivity contribution in [1.82, 2.24) is 0 Å². The molecular formula is C19H17NO6S2. The van der Waals surface area contributed by atoms with Crippen LogP contribution in [-0.2, 0) is 19.4 Å². The Morgan fingerprint density at radius 2 is 1.75 bits per heavy atom. The van der Waals surface area contributed by atoms with E-state index >= 15 is 0 Å².